The van der Waals surface area contributed by atoms with Gasteiger partial charge in [-0.25, -0.2) is 15.0 Å². The van der Waals surface area contributed by atoms with E-state index in [-0.39, 0.29) is 11.9 Å². The van der Waals surface area contributed by atoms with Crippen LogP contribution in [0.3, 0.4) is 0 Å². The zero-order chi connectivity index (χ0) is 17.8. The summed E-state index contributed by atoms with van der Waals surface area (Å²) in [5.74, 6) is 1.44. The topological polar surface area (TPSA) is 83.9 Å². The molecule has 0 aliphatic carbocycles. The van der Waals surface area contributed by atoms with E-state index < -0.39 is 0 Å². The van der Waals surface area contributed by atoms with Crippen LogP contribution in [-0.4, -0.2) is 43.2 Å². The standard InChI is InChI=1S/C17H21ClN6O/c1-11-10-12(2)22-17(21-11)23-16-15(19-7-8-20-16)13-4-3-9-24(13)14(25)5-6-18/h7-8,10,13H,3-6,9H2,1-2H3,(H,20,21,22,23). The molecule has 3 heterocycles. The number of alkyl halides is 1. The third-order valence-electron chi connectivity index (χ3n) is 4.14. The molecule has 2 aromatic heterocycles. The highest BCUT2D eigenvalue weighted by atomic mass is 35.5. The Morgan fingerprint density at radius 3 is 2.72 bits per heavy atom. The molecule has 2 aromatic rings. The Morgan fingerprint density at radius 1 is 1.28 bits per heavy atom. The van der Waals surface area contributed by atoms with Crippen molar-refractivity contribution in [3.8, 4) is 0 Å². The molecular formula is C17H21ClN6O. The van der Waals surface area contributed by atoms with Crippen LogP contribution in [0.2, 0.25) is 0 Å². The second-order valence-electron chi connectivity index (χ2n) is 6.07. The first-order valence-corrected chi connectivity index (χ1v) is 8.87. The molecule has 8 heteroatoms. The number of hydrogen-bond donors (Lipinski definition) is 1. The van der Waals surface area contributed by atoms with E-state index in [9.17, 15) is 4.79 Å². The minimum atomic E-state index is -0.0992. The summed E-state index contributed by atoms with van der Waals surface area (Å²) in [7, 11) is 0. The van der Waals surface area contributed by atoms with Crippen LogP contribution in [0.15, 0.2) is 18.5 Å². The minimum absolute atomic E-state index is 0.0525. The van der Waals surface area contributed by atoms with E-state index in [1.807, 2.05) is 24.8 Å². The molecule has 0 bridgehead atoms. The van der Waals surface area contributed by atoms with Gasteiger partial charge in [0, 0.05) is 42.6 Å². The smallest absolute Gasteiger partial charge is 0.228 e. The van der Waals surface area contributed by atoms with Crippen LogP contribution >= 0.6 is 11.6 Å². The highest BCUT2D eigenvalue weighted by Crippen LogP contribution is 2.34. The second kappa shape index (κ2) is 7.74. The van der Waals surface area contributed by atoms with E-state index in [4.69, 9.17) is 11.6 Å². The summed E-state index contributed by atoms with van der Waals surface area (Å²) in [4.78, 5) is 31.9. The fourth-order valence-electron chi connectivity index (χ4n) is 3.15. The molecule has 1 atom stereocenters. The van der Waals surface area contributed by atoms with E-state index in [0.29, 0.717) is 24.1 Å². The van der Waals surface area contributed by atoms with Crippen LogP contribution in [-0.2, 0) is 4.79 Å². The number of nitrogens with one attached hydrogen (secondary N) is 1. The first kappa shape index (κ1) is 17.5. The van der Waals surface area contributed by atoms with Gasteiger partial charge in [-0.1, -0.05) is 0 Å². The lowest BCUT2D eigenvalue weighted by atomic mass is 10.1. The van der Waals surface area contributed by atoms with E-state index in [1.54, 1.807) is 12.4 Å². The van der Waals surface area contributed by atoms with Crippen LogP contribution in [0.25, 0.3) is 0 Å². The molecule has 3 rings (SSSR count). The zero-order valence-corrected chi connectivity index (χ0v) is 15.1. The Morgan fingerprint density at radius 2 is 2.00 bits per heavy atom. The number of nitrogens with zero attached hydrogens (tertiary/aromatic N) is 5. The Bertz CT molecular complexity index is 748. The Hall–Kier alpha value is -2.28. The lowest BCUT2D eigenvalue weighted by molar-refractivity contribution is -0.131. The van der Waals surface area contributed by atoms with Crippen molar-refractivity contribution in [2.24, 2.45) is 0 Å². The third-order valence-corrected chi connectivity index (χ3v) is 4.33. The molecule has 25 heavy (non-hydrogen) atoms. The summed E-state index contributed by atoms with van der Waals surface area (Å²) >= 11 is 5.73. The molecule has 1 fully saturated rings. The van der Waals surface area contributed by atoms with Gasteiger partial charge in [-0.15, -0.1) is 11.6 Å². The Kier molecular flexibility index (Phi) is 5.43. The van der Waals surface area contributed by atoms with Gasteiger partial charge in [-0.2, -0.15) is 0 Å². The molecule has 0 radical (unpaired) electrons. The number of amides is 1. The van der Waals surface area contributed by atoms with Crippen LogP contribution in [0, 0.1) is 13.8 Å². The molecule has 1 aliphatic rings. The fourth-order valence-corrected chi connectivity index (χ4v) is 3.31. The zero-order valence-electron chi connectivity index (χ0n) is 14.4. The fraction of sp³-hybridized carbons (Fsp3) is 0.471. The quantitative estimate of drug-likeness (QED) is 0.825. The number of aryl methyl sites for hydroxylation is 2. The molecule has 132 valence electrons. The van der Waals surface area contributed by atoms with Crippen molar-refractivity contribution in [3.63, 3.8) is 0 Å². The number of rotatable bonds is 5. The SMILES string of the molecule is Cc1cc(C)nc(Nc2nccnc2C2CCCN2C(=O)CCCl)n1. The van der Waals surface area contributed by atoms with Gasteiger partial charge in [-0.3, -0.25) is 9.78 Å². The first-order valence-electron chi connectivity index (χ1n) is 8.34. The van der Waals surface area contributed by atoms with Crippen LogP contribution in [0.4, 0.5) is 11.8 Å². The number of carbonyl (C=O) groups is 1. The minimum Gasteiger partial charge on any atom is -0.334 e. The molecule has 0 aromatic carbocycles. The number of anilines is 2. The Balaban J connectivity index is 1.89. The largest absolute Gasteiger partial charge is 0.334 e. The van der Waals surface area contributed by atoms with Crippen molar-refractivity contribution in [1.29, 1.82) is 0 Å². The summed E-state index contributed by atoms with van der Waals surface area (Å²) in [6.07, 6.45) is 5.39. The van der Waals surface area contributed by atoms with Crippen molar-refractivity contribution in [2.45, 2.75) is 39.2 Å². The average molecular weight is 361 g/mol. The average Bonchev–Trinajstić information content (AvgIpc) is 3.04. The van der Waals surface area contributed by atoms with Crippen molar-refractivity contribution >= 4 is 29.3 Å². The maximum atomic E-state index is 12.3. The van der Waals surface area contributed by atoms with E-state index in [1.165, 1.54) is 0 Å². The van der Waals surface area contributed by atoms with Gasteiger partial charge in [-0.05, 0) is 32.8 Å². The highest BCUT2D eigenvalue weighted by Gasteiger charge is 2.32. The molecule has 1 unspecified atom stereocenters. The summed E-state index contributed by atoms with van der Waals surface area (Å²) in [6.45, 7) is 4.55. The number of carbonyl (C=O) groups excluding carboxylic acids is 1. The van der Waals surface area contributed by atoms with Crippen LogP contribution in [0.1, 0.15) is 42.4 Å². The summed E-state index contributed by atoms with van der Waals surface area (Å²) < 4.78 is 0. The normalized spacial score (nSPS) is 16.9. The molecule has 1 saturated heterocycles. The lowest BCUT2D eigenvalue weighted by Crippen LogP contribution is -2.31. The lowest BCUT2D eigenvalue weighted by Gasteiger charge is -2.25. The monoisotopic (exact) mass is 360 g/mol. The second-order valence-corrected chi connectivity index (χ2v) is 6.45. The van der Waals surface area contributed by atoms with Crippen molar-refractivity contribution in [1.82, 2.24) is 24.8 Å². The van der Waals surface area contributed by atoms with Gasteiger partial charge in [0.15, 0.2) is 5.82 Å². The van der Waals surface area contributed by atoms with Gasteiger partial charge in [0.25, 0.3) is 0 Å². The van der Waals surface area contributed by atoms with Gasteiger partial charge < -0.3 is 10.2 Å². The maximum absolute atomic E-state index is 12.3. The number of likely N-dealkylation sites (tertiary alicyclic amines) is 1. The van der Waals surface area contributed by atoms with E-state index >= 15 is 0 Å². The number of hydrogen-bond acceptors (Lipinski definition) is 6. The summed E-state index contributed by atoms with van der Waals surface area (Å²) in [5, 5.41) is 3.16. The van der Waals surface area contributed by atoms with Crippen molar-refractivity contribution in [2.75, 3.05) is 17.7 Å². The molecule has 0 saturated carbocycles. The molecule has 1 amide bonds. The van der Waals surface area contributed by atoms with E-state index in [2.05, 4.69) is 25.3 Å². The maximum Gasteiger partial charge on any atom is 0.228 e. The van der Waals surface area contributed by atoms with Crippen molar-refractivity contribution in [3.05, 3.63) is 35.5 Å². The van der Waals surface area contributed by atoms with Gasteiger partial charge in [0.2, 0.25) is 11.9 Å². The predicted octanol–water partition coefficient (Wildman–Crippen LogP) is 2.92. The summed E-state index contributed by atoms with van der Waals surface area (Å²) in [5.41, 5.74) is 2.49. The first-order chi connectivity index (χ1) is 12.1. The number of halogens is 1. The highest BCUT2D eigenvalue weighted by molar-refractivity contribution is 6.18. The predicted molar refractivity (Wildman–Crippen MR) is 95.8 cm³/mol. The van der Waals surface area contributed by atoms with Crippen LogP contribution in [0.5, 0.6) is 0 Å². The molecule has 1 aliphatic heterocycles. The van der Waals surface area contributed by atoms with E-state index in [0.717, 1.165) is 36.5 Å². The van der Waals surface area contributed by atoms with Gasteiger partial charge in [0.05, 0.1) is 6.04 Å². The molecular weight excluding hydrogens is 340 g/mol. The number of aromatic nitrogens is 4. The van der Waals surface area contributed by atoms with Gasteiger partial charge in [0.1, 0.15) is 5.69 Å². The van der Waals surface area contributed by atoms with Crippen LogP contribution < -0.4 is 5.32 Å². The molecule has 1 N–H and O–H groups in total. The van der Waals surface area contributed by atoms with Crippen molar-refractivity contribution < 1.29 is 4.79 Å². The molecule has 0 spiro atoms. The molecule has 7 nitrogen and oxygen atoms in total. The Labute approximate surface area is 151 Å². The third kappa shape index (κ3) is 4.04. The van der Waals surface area contributed by atoms with Gasteiger partial charge >= 0.3 is 0 Å². The summed E-state index contributed by atoms with van der Waals surface area (Å²) in [6, 6.07) is 1.81.